The first kappa shape index (κ1) is 40.8. The summed E-state index contributed by atoms with van der Waals surface area (Å²) in [5.41, 5.74) is -2.37. The Kier molecular flexibility index (Phi) is 10.2. The normalized spacial score (nSPS) is 17.1. The fourth-order valence-electron chi connectivity index (χ4n) is 7.80. The van der Waals surface area contributed by atoms with Crippen LogP contribution >= 0.6 is 11.6 Å². The maximum absolute atomic E-state index is 15.5. The molecule has 0 bridgehead atoms. The molecule has 6 aromatic rings. The molecule has 1 amide bonds. The van der Waals surface area contributed by atoms with Crippen molar-refractivity contribution in [2.24, 2.45) is 13.0 Å². The number of hydrogen-bond acceptors (Lipinski definition) is 9. The van der Waals surface area contributed by atoms with E-state index < -0.39 is 87.7 Å². The smallest absolute Gasteiger partial charge is 0.293 e. The summed E-state index contributed by atoms with van der Waals surface area (Å²) in [5.74, 6) is -8.82. The van der Waals surface area contributed by atoms with Crippen molar-refractivity contribution >= 4 is 44.3 Å². The van der Waals surface area contributed by atoms with Gasteiger partial charge in [-0.15, -0.1) is 0 Å². The molecule has 2 aliphatic rings. The molecule has 2 aliphatic carbocycles. The van der Waals surface area contributed by atoms with Crippen LogP contribution in [0.3, 0.4) is 0 Å². The molecule has 8 rings (SSSR count). The summed E-state index contributed by atoms with van der Waals surface area (Å²) in [7, 11) is -2.46. The summed E-state index contributed by atoms with van der Waals surface area (Å²) in [4.78, 5) is 37.6. The number of pyridine rings is 1. The number of alkyl halides is 4. The van der Waals surface area contributed by atoms with Gasteiger partial charge in [0.15, 0.2) is 5.82 Å². The Balaban J connectivity index is 1.32. The lowest BCUT2D eigenvalue weighted by atomic mass is 10.0. The number of carbonyl (C=O) groups excluding carboxylic acids is 1. The van der Waals surface area contributed by atoms with E-state index in [1.165, 1.54) is 36.1 Å². The lowest BCUT2D eigenvalue weighted by molar-refractivity contribution is -0.123. The van der Waals surface area contributed by atoms with Gasteiger partial charge < -0.3 is 10.1 Å². The molecule has 22 heteroatoms. The minimum atomic E-state index is -3.90. The molecule has 0 spiro atoms. The van der Waals surface area contributed by atoms with Crippen molar-refractivity contribution in [2.45, 2.75) is 50.6 Å². The average molecular weight is 876 g/mol. The van der Waals surface area contributed by atoms with Crippen molar-refractivity contribution in [1.82, 2.24) is 39.4 Å². The predicted molar refractivity (Wildman–Crippen MR) is 205 cm³/mol. The molecular formula is C38H32ClF6N9O5S. The van der Waals surface area contributed by atoms with E-state index in [4.69, 9.17) is 21.3 Å². The van der Waals surface area contributed by atoms with E-state index in [1.807, 2.05) is 0 Å². The number of benzene rings is 2. The number of rotatable bonds is 13. The number of nitrogens with one attached hydrogen (secondary N) is 2. The summed E-state index contributed by atoms with van der Waals surface area (Å²) in [6.45, 7) is 1.07. The van der Waals surface area contributed by atoms with Crippen LogP contribution in [0.2, 0.25) is 5.02 Å². The van der Waals surface area contributed by atoms with Gasteiger partial charge in [-0.25, -0.2) is 35.9 Å². The molecule has 0 aliphatic heterocycles. The first-order valence-corrected chi connectivity index (χ1v) is 20.5. The number of aromatic nitrogens is 7. The molecule has 1 fully saturated rings. The number of sulfonamides is 1. The highest BCUT2D eigenvalue weighted by atomic mass is 35.5. The number of nitrogens with zero attached hydrogens (tertiary/aromatic N) is 7. The highest BCUT2D eigenvalue weighted by Crippen LogP contribution is 2.68. The number of halogens is 7. The van der Waals surface area contributed by atoms with Gasteiger partial charge in [0, 0.05) is 54.9 Å². The first-order chi connectivity index (χ1) is 28.3. The highest BCUT2D eigenvalue weighted by molar-refractivity contribution is 7.92. The van der Waals surface area contributed by atoms with E-state index in [-0.39, 0.29) is 62.4 Å². The van der Waals surface area contributed by atoms with Crippen LogP contribution < -0.4 is 20.3 Å². The van der Waals surface area contributed by atoms with Crippen LogP contribution in [-0.4, -0.2) is 61.3 Å². The van der Waals surface area contributed by atoms with E-state index in [9.17, 15) is 35.6 Å². The summed E-state index contributed by atoms with van der Waals surface area (Å²) in [5, 5.41) is 10.7. The minimum Gasteiger partial charge on any atom is -0.478 e. The molecule has 2 aromatic carbocycles. The third kappa shape index (κ3) is 7.43. The fraction of sp³-hybridized carbons (Fsp3) is 0.316. The van der Waals surface area contributed by atoms with Crippen molar-refractivity contribution in [3.05, 3.63) is 110 Å². The van der Waals surface area contributed by atoms with Crippen LogP contribution in [0.1, 0.15) is 60.1 Å². The van der Waals surface area contributed by atoms with Crippen LogP contribution in [-0.2, 0) is 40.8 Å². The number of carbonyl (C=O) groups is 1. The quantitative estimate of drug-likeness (QED) is 0.126. The van der Waals surface area contributed by atoms with Gasteiger partial charge >= 0.3 is 0 Å². The van der Waals surface area contributed by atoms with E-state index in [1.54, 1.807) is 13.0 Å². The topological polar surface area (TPSA) is 168 Å². The first-order valence-electron chi connectivity index (χ1n) is 18.2. The zero-order valence-electron chi connectivity index (χ0n) is 31.6. The Bertz CT molecular complexity index is 2870. The summed E-state index contributed by atoms with van der Waals surface area (Å²) >= 11 is 6.58. The maximum Gasteiger partial charge on any atom is 0.293 e. The summed E-state index contributed by atoms with van der Waals surface area (Å²) in [6.07, 6.45) is -1.42. The number of fused-ring (bicyclic) bond motifs is 4. The van der Waals surface area contributed by atoms with Gasteiger partial charge in [0.2, 0.25) is 21.8 Å². The second kappa shape index (κ2) is 14.9. The molecular weight excluding hydrogens is 844 g/mol. The number of ether oxygens (including phenoxy) is 1. The number of aryl methyl sites for hydroxylation is 1. The second-order valence-electron chi connectivity index (χ2n) is 14.4. The highest BCUT2D eigenvalue weighted by Gasteiger charge is 2.67. The molecule has 0 radical (unpaired) electrons. The van der Waals surface area contributed by atoms with Gasteiger partial charge in [0.05, 0.1) is 46.2 Å². The van der Waals surface area contributed by atoms with Gasteiger partial charge in [-0.1, -0.05) is 11.6 Å². The van der Waals surface area contributed by atoms with E-state index in [0.717, 1.165) is 29.0 Å². The van der Waals surface area contributed by atoms with Gasteiger partial charge in [-0.3, -0.25) is 28.2 Å². The van der Waals surface area contributed by atoms with E-state index in [2.05, 4.69) is 25.2 Å². The summed E-state index contributed by atoms with van der Waals surface area (Å²) in [6, 6.07) is 7.99. The maximum atomic E-state index is 15.5. The monoisotopic (exact) mass is 875 g/mol. The third-order valence-electron chi connectivity index (χ3n) is 10.2. The van der Waals surface area contributed by atoms with Crippen LogP contribution in [0.25, 0.3) is 27.8 Å². The van der Waals surface area contributed by atoms with Crippen LogP contribution in [0.4, 0.5) is 32.2 Å². The predicted octanol–water partition coefficient (Wildman–Crippen LogP) is 6.33. The Morgan fingerprint density at radius 2 is 1.82 bits per heavy atom. The fourth-order valence-corrected chi connectivity index (χ4v) is 8.54. The van der Waals surface area contributed by atoms with Crippen LogP contribution in [0.15, 0.2) is 59.5 Å². The van der Waals surface area contributed by atoms with Gasteiger partial charge in [-0.05, 0) is 55.2 Å². The lowest BCUT2D eigenvalue weighted by Crippen LogP contribution is -2.38. The van der Waals surface area contributed by atoms with Gasteiger partial charge in [-0.2, -0.15) is 19.0 Å². The molecule has 3 atom stereocenters. The molecule has 0 unspecified atom stereocenters. The molecule has 1 saturated carbocycles. The van der Waals surface area contributed by atoms with E-state index in [0.29, 0.717) is 22.9 Å². The Morgan fingerprint density at radius 1 is 1.08 bits per heavy atom. The minimum absolute atomic E-state index is 0.00447. The Morgan fingerprint density at radius 3 is 2.47 bits per heavy atom. The Labute approximate surface area is 341 Å². The number of hydrogen-bond donors (Lipinski definition) is 2. The van der Waals surface area contributed by atoms with Crippen molar-refractivity contribution in [2.75, 3.05) is 17.6 Å². The van der Waals surface area contributed by atoms with Gasteiger partial charge in [0.1, 0.15) is 35.4 Å². The molecule has 60 heavy (non-hydrogen) atoms. The molecule has 4 heterocycles. The number of anilines is 1. The van der Waals surface area contributed by atoms with Crippen molar-refractivity contribution < 1.29 is 44.3 Å². The van der Waals surface area contributed by atoms with Crippen molar-refractivity contribution in [3.8, 4) is 22.8 Å². The second-order valence-corrected chi connectivity index (χ2v) is 16.6. The largest absolute Gasteiger partial charge is 0.478 e. The summed E-state index contributed by atoms with van der Waals surface area (Å²) < 4.78 is 124. The Hall–Kier alpha value is -5.96. The lowest BCUT2D eigenvalue weighted by Gasteiger charge is -2.24. The third-order valence-corrected chi connectivity index (χ3v) is 11.1. The zero-order chi connectivity index (χ0) is 43.0. The molecule has 14 nitrogen and oxygen atoms in total. The molecule has 4 aromatic heterocycles. The average Bonchev–Trinajstić information content (AvgIpc) is 3.70. The SMILES string of the molecule is CCOc1ccc(-c2cc(=O)n(-c3ccc(Cl)c4c(NS(C)(=O)=O)nn(C)c34)c([C@H](Cc3cc(F)cc(F)c3)NC(=O)Cn3nc(C(F)F)c4c3C(F)(F)[C@@H]3C[C@H]43)n2)cn1. The van der Waals surface area contributed by atoms with E-state index >= 15 is 8.78 Å². The van der Waals surface area contributed by atoms with Crippen molar-refractivity contribution in [1.29, 1.82) is 0 Å². The molecule has 314 valence electrons. The van der Waals surface area contributed by atoms with Crippen LogP contribution in [0, 0.1) is 17.6 Å². The van der Waals surface area contributed by atoms with Crippen LogP contribution in [0.5, 0.6) is 5.88 Å². The zero-order valence-corrected chi connectivity index (χ0v) is 33.1. The molecule has 0 saturated heterocycles. The standard InChI is InChI=1S/C38H32ClF6N9O5S/c1-4-59-28-8-5-18(15-46-28)24-14-29(56)54(26-7-6-23(39)31-33(26)52(2)50-36(31)51-60(3,57)58)37(48-24)25(11-17-9-19(40)12-20(41)10-17)47-27(55)16-53-34-30(32(49-53)35(42)43)21-13-22(21)38(34,44)45/h5-10,12,14-15,21-22,25,35H,4,11,13,16H2,1-3H3,(H,47,55)(H,50,51)/t21-,22+,25-/m0/s1. The number of amides is 1. The van der Waals surface area contributed by atoms with Gasteiger partial charge in [0.25, 0.3) is 17.9 Å². The molecule has 2 N–H and O–H groups in total. The van der Waals surface area contributed by atoms with Crippen molar-refractivity contribution in [3.63, 3.8) is 0 Å².